The van der Waals surface area contributed by atoms with Crippen molar-refractivity contribution in [1.29, 1.82) is 0 Å². The van der Waals surface area contributed by atoms with Gasteiger partial charge in [-0.15, -0.1) is 0 Å². The molecule has 0 aromatic heterocycles. The summed E-state index contributed by atoms with van der Waals surface area (Å²) in [6.07, 6.45) is 3.87. The van der Waals surface area contributed by atoms with Crippen LogP contribution < -0.4 is 9.47 Å². The first-order valence-corrected chi connectivity index (χ1v) is 8.19. The van der Waals surface area contributed by atoms with Crippen molar-refractivity contribution in [3.05, 3.63) is 58.6 Å². The highest BCUT2D eigenvalue weighted by atomic mass is 79.9. The number of ether oxygens (including phenoxy) is 2. The summed E-state index contributed by atoms with van der Waals surface area (Å²) in [6, 6.07) is 16.1. The van der Waals surface area contributed by atoms with Crippen molar-refractivity contribution in [3.8, 4) is 11.5 Å². The Balaban J connectivity index is 1.62. The first-order valence-electron chi connectivity index (χ1n) is 7.40. The van der Waals surface area contributed by atoms with Crippen LogP contribution in [0.15, 0.2) is 53.0 Å². The first-order chi connectivity index (χ1) is 10.3. The molecule has 2 nitrogen and oxygen atoms in total. The molecular weight excluding hydrogens is 328 g/mol. The molecule has 0 unspecified atom stereocenters. The molecule has 2 aromatic carbocycles. The van der Waals surface area contributed by atoms with E-state index in [9.17, 15) is 0 Å². The van der Waals surface area contributed by atoms with Crippen LogP contribution in [0, 0.1) is 5.92 Å². The minimum Gasteiger partial charge on any atom is -0.490 e. The van der Waals surface area contributed by atoms with Gasteiger partial charge in [-0.05, 0) is 36.1 Å². The maximum Gasteiger partial charge on any atom is 0.162 e. The lowest BCUT2D eigenvalue weighted by Crippen LogP contribution is -2.02. The Kier molecular flexibility index (Phi) is 4.81. The zero-order valence-electron chi connectivity index (χ0n) is 11.9. The number of hydrogen-bond donors (Lipinski definition) is 0. The van der Waals surface area contributed by atoms with Crippen molar-refractivity contribution in [2.45, 2.75) is 25.9 Å². The fourth-order valence-electron chi connectivity index (χ4n) is 2.19. The molecule has 0 N–H and O–H groups in total. The normalized spacial score (nSPS) is 14.0. The quantitative estimate of drug-likeness (QED) is 0.685. The smallest absolute Gasteiger partial charge is 0.162 e. The molecule has 0 bridgehead atoms. The first kappa shape index (κ1) is 14.5. The number of halogens is 1. The molecule has 3 rings (SSSR count). The fourth-order valence-corrected chi connectivity index (χ4v) is 2.53. The Morgan fingerprint density at radius 2 is 1.76 bits per heavy atom. The lowest BCUT2D eigenvalue weighted by molar-refractivity contribution is 0.256. The molecule has 0 radical (unpaired) electrons. The zero-order chi connectivity index (χ0) is 14.5. The van der Waals surface area contributed by atoms with Gasteiger partial charge in [0.05, 0.1) is 6.61 Å². The van der Waals surface area contributed by atoms with E-state index in [4.69, 9.17) is 9.47 Å². The largest absolute Gasteiger partial charge is 0.490 e. The van der Waals surface area contributed by atoms with Gasteiger partial charge in [-0.2, -0.15) is 0 Å². The van der Waals surface area contributed by atoms with Crippen molar-refractivity contribution in [1.82, 2.24) is 0 Å². The van der Waals surface area contributed by atoms with E-state index in [1.165, 1.54) is 12.8 Å². The van der Waals surface area contributed by atoms with Crippen LogP contribution >= 0.6 is 15.9 Å². The molecule has 3 heteroatoms. The molecule has 21 heavy (non-hydrogen) atoms. The van der Waals surface area contributed by atoms with Crippen LogP contribution in [0.25, 0.3) is 0 Å². The average Bonchev–Trinajstić information content (AvgIpc) is 3.32. The molecule has 1 aliphatic rings. The number of rotatable bonds is 7. The topological polar surface area (TPSA) is 18.5 Å². The van der Waals surface area contributed by atoms with Crippen LogP contribution in [0.1, 0.15) is 24.8 Å². The minimum absolute atomic E-state index is 0.552. The summed E-state index contributed by atoms with van der Waals surface area (Å²) in [4.78, 5) is 0. The van der Waals surface area contributed by atoms with Crippen LogP contribution in [-0.2, 0) is 6.61 Å². The predicted octanol–water partition coefficient (Wildman–Crippen LogP) is 5.21. The standard InChI is InChI=1S/C18H19BrO2/c19-16-8-9-17(20-11-10-14-6-7-14)18(12-16)21-13-15-4-2-1-3-5-15/h1-5,8-9,12,14H,6-7,10-11,13H2. The van der Waals surface area contributed by atoms with Gasteiger partial charge in [0.2, 0.25) is 0 Å². The molecule has 110 valence electrons. The summed E-state index contributed by atoms with van der Waals surface area (Å²) in [7, 11) is 0. The van der Waals surface area contributed by atoms with Gasteiger partial charge < -0.3 is 9.47 Å². The van der Waals surface area contributed by atoms with Gasteiger partial charge in [0, 0.05) is 4.47 Å². The van der Waals surface area contributed by atoms with Gasteiger partial charge in [0.15, 0.2) is 11.5 Å². The van der Waals surface area contributed by atoms with Crippen molar-refractivity contribution in [3.63, 3.8) is 0 Å². The van der Waals surface area contributed by atoms with E-state index in [2.05, 4.69) is 28.1 Å². The van der Waals surface area contributed by atoms with E-state index in [1.54, 1.807) is 0 Å². The zero-order valence-corrected chi connectivity index (χ0v) is 13.5. The van der Waals surface area contributed by atoms with Gasteiger partial charge in [0.1, 0.15) is 6.61 Å². The highest BCUT2D eigenvalue weighted by Gasteiger charge is 2.21. The summed E-state index contributed by atoms with van der Waals surface area (Å²) in [5.41, 5.74) is 1.15. The SMILES string of the molecule is Brc1ccc(OCCC2CC2)c(OCc2ccccc2)c1. The fraction of sp³-hybridized carbons (Fsp3) is 0.333. The maximum absolute atomic E-state index is 5.92. The van der Waals surface area contributed by atoms with Crippen LogP contribution in [0.3, 0.4) is 0 Å². The molecule has 0 aliphatic heterocycles. The Morgan fingerprint density at radius 1 is 0.952 bits per heavy atom. The average molecular weight is 347 g/mol. The summed E-state index contributed by atoms with van der Waals surface area (Å²) >= 11 is 3.49. The summed E-state index contributed by atoms with van der Waals surface area (Å²) in [6.45, 7) is 1.32. The second-order valence-electron chi connectivity index (χ2n) is 5.45. The van der Waals surface area contributed by atoms with Crippen LogP contribution in [0.2, 0.25) is 0 Å². The van der Waals surface area contributed by atoms with Crippen molar-refractivity contribution < 1.29 is 9.47 Å². The Labute approximate surface area is 134 Å². The third-order valence-corrected chi connectivity index (χ3v) is 4.12. The monoisotopic (exact) mass is 346 g/mol. The molecule has 2 aromatic rings. The van der Waals surface area contributed by atoms with Gasteiger partial charge in [-0.25, -0.2) is 0 Å². The van der Waals surface area contributed by atoms with E-state index < -0.39 is 0 Å². The molecule has 1 aliphatic carbocycles. The lowest BCUT2D eigenvalue weighted by Gasteiger charge is -2.13. The molecule has 0 amide bonds. The van der Waals surface area contributed by atoms with Crippen LogP contribution in [-0.4, -0.2) is 6.61 Å². The summed E-state index contributed by atoms with van der Waals surface area (Å²) in [5, 5.41) is 0. The Hall–Kier alpha value is -1.48. The lowest BCUT2D eigenvalue weighted by atomic mass is 10.2. The van der Waals surface area contributed by atoms with Crippen LogP contribution in [0.5, 0.6) is 11.5 Å². The second kappa shape index (κ2) is 6.99. The maximum atomic E-state index is 5.92. The van der Waals surface area contributed by atoms with E-state index in [1.807, 2.05) is 36.4 Å². The van der Waals surface area contributed by atoms with Gasteiger partial charge in [-0.1, -0.05) is 59.1 Å². The summed E-state index contributed by atoms with van der Waals surface area (Å²) < 4.78 is 12.8. The van der Waals surface area contributed by atoms with E-state index in [0.717, 1.165) is 40.5 Å². The number of benzene rings is 2. The van der Waals surface area contributed by atoms with E-state index in [-0.39, 0.29) is 0 Å². The molecule has 1 saturated carbocycles. The van der Waals surface area contributed by atoms with Gasteiger partial charge in [0.25, 0.3) is 0 Å². The predicted molar refractivity (Wildman–Crippen MR) is 87.8 cm³/mol. The molecule has 0 saturated heterocycles. The van der Waals surface area contributed by atoms with Gasteiger partial charge >= 0.3 is 0 Å². The van der Waals surface area contributed by atoms with Crippen molar-refractivity contribution >= 4 is 15.9 Å². The second-order valence-corrected chi connectivity index (χ2v) is 6.36. The Bertz CT molecular complexity index is 579. The molecule has 0 heterocycles. The van der Waals surface area contributed by atoms with Crippen molar-refractivity contribution in [2.24, 2.45) is 5.92 Å². The molecule has 0 atom stereocenters. The van der Waals surface area contributed by atoms with E-state index >= 15 is 0 Å². The van der Waals surface area contributed by atoms with Crippen LogP contribution in [0.4, 0.5) is 0 Å². The third-order valence-electron chi connectivity index (χ3n) is 3.62. The Morgan fingerprint density at radius 3 is 2.52 bits per heavy atom. The van der Waals surface area contributed by atoms with Crippen molar-refractivity contribution in [2.75, 3.05) is 6.61 Å². The highest BCUT2D eigenvalue weighted by molar-refractivity contribution is 9.10. The molecule has 1 fully saturated rings. The molecule has 0 spiro atoms. The molecular formula is C18H19BrO2. The summed E-state index contributed by atoms with van der Waals surface area (Å²) in [5.74, 6) is 2.51. The highest BCUT2D eigenvalue weighted by Crippen LogP contribution is 2.34. The number of hydrogen-bond acceptors (Lipinski definition) is 2. The van der Waals surface area contributed by atoms with E-state index in [0.29, 0.717) is 6.61 Å². The minimum atomic E-state index is 0.552. The van der Waals surface area contributed by atoms with Gasteiger partial charge in [-0.3, -0.25) is 0 Å². The third kappa shape index (κ3) is 4.50.